The number of hydrogen-bond acceptors (Lipinski definition) is 4. The normalized spacial score (nSPS) is 18.3. The van der Waals surface area contributed by atoms with E-state index >= 15 is 0 Å². The second-order valence-electron chi connectivity index (χ2n) is 8.42. The molecule has 6 rings (SSSR count). The Kier molecular flexibility index (Phi) is 4.50. The van der Waals surface area contributed by atoms with Gasteiger partial charge in [-0.3, -0.25) is 4.79 Å². The molecule has 1 aliphatic carbocycles. The second-order valence-corrected chi connectivity index (χ2v) is 8.42. The van der Waals surface area contributed by atoms with Crippen LogP contribution in [0.25, 0.3) is 27.5 Å². The zero-order valence-electron chi connectivity index (χ0n) is 17.6. The molecule has 5 heteroatoms. The van der Waals surface area contributed by atoms with Crippen LogP contribution in [0.1, 0.15) is 36.3 Å². The summed E-state index contributed by atoms with van der Waals surface area (Å²) in [5, 5.41) is 2.82. The number of fused-ring (bicyclic) bond motifs is 3. The van der Waals surface area contributed by atoms with Gasteiger partial charge in [0.25, 0.3) is 0 Å². The lowest BCUT2D eigenvalue weighted by Crippen LogP contribution is -2.23. The number of ketones is 1. The maximum absolute atomic E-state index is 13.6. The molecule has 0 amide bonds. The fourth-order valence-corrected chi connectivity index (χ4v) is 4.81. The summed E-state index contributed by atoms with van der Waals surface area (Å²) in [7, 11) is 0. The Morgan fingerprint density at radius 2 is 1.70 bits per heavy atom. The van der Waals surface area contributed by atoms with Crippen molar-refractivity contribution in [2.24, 2.45) is 0 Å². The number of ether oxygens (including phenoxy) is 1. The van der Waals surface area contributed by atoms with E-state index in [1.54, 1.807) is 30.3 Å². The van der Waals surface area contributed by atoms with Crippen LogP contribution < -0.4 is 5.63 Å². The third-order valence-corrected chi connectivity index (χ3v) is 6.41. The maximum atomic E-state index is 13.6. The molecular weight excluding hydrogens is 419 g/mol. The molecule has 1 aliphatic heterocycles. The lowest BCUT2D eigenvalue weighted by molar-refractivity contribution is -0.116. The molecule has 0 fully saturated rings. The third-order valence-electron chi connectivity index (χ3n) is 6.41. The summed E-state index contributed by atoms with van der Waals surface area (Å²) in [6, 6.07) is 19.5. The average molecular weight is 438 g/mol. The molecule has 0 saturated carbocycles. The van der Waals surface area contributed by atoms with E-state index in [2.05, 4.69) is 0 Å². The molecule has 2 aliphatic rings. The van der Waals surface area contributed by atoms with Gasteiger partial charge in [0, 0.05) is 29.7 Å². The predicted molar refractivity (Wildman–Crippen MR) is 124 cm³/mol. The highest BCUT2D eigenvalue weighted by Gasteiger charge is 2.34. The minimum absolute atomic E-state index is 0.0254. The number of carbonyl (C=O) groups is 1. The zero-order chi connectivity index (χ0) is 22.5. The second kappa shape index (κ2) is 7.55. The molecule has 1 aromatic heterocycles. The highest BCUT2D eigenvalue weighted by Crippen LogP contribution is 2.42. The van der Waals surface area contributed by atoms with E-state index in [0.717, 1.165) is 21.7 Å². The van der Waals surface area contributed by atoms with Crippen LogP contribution in [-0.2, 0) is 9.53 Å². The summed E-state index contributed by atoms with van der Waals surface area (Å²) in [5.41, 5.74) is 1.66. The summed E-state index contributed by atoms with van der Waals surface area (Å²) >= 11 is 0. The zero-order valence-corrected chi connectivity index (χ0v) is 17.6. The topological polar surface area (TPSA) is 56.5 Å². The molecule has 1 unspecified atom stereocenters. The standard InChI is InChI=1S/C28H19FO4/c29-18-11-8-17(9-12-18)20-15-26(32-25-7-3-6-23(30)27(20)25)22-14-21-19-5-2-1-4-16(19)10-13-24(21)33-28(22)31/h1-2,4-5,8-15,20H,3,6-7H2. The van der Waals surface area contributed by atoms with Crippen molar-refractivity contribution < 1.29 is 18.3 Å². The summed E-state index contributed by atoms with van der Waals surface area (Å²) in [6.07, 6.45) is 3.53. The van der Waals surface area contributed by atoms with E-state index in [9.17, 15) is 14.0 Å². The summed E-state index contributed by atoms with van der Waals surface area (Å²) in [5.74, 6) is 0.204. The average Bonchev–Trinajstić information content (AvgIpc) is 2.83. The molecule has 4 nitrogen and oxygen atoms in total. The Labute approximate surface area is 188 Å². The number of hydrogen-bond donors (Lipinski definition) is 0. The van der Waals surface area contributed by atoms with Crippen LogP contribution in [0.5, 0.6) is 0 Å². The number of rotatable bonds is 2. The van der Waals surface area contributed by atoms with Crippen LogP contribution in [0.15, 0.2) is 93.4 Å². The Bertz CT molecular complexity index is 1560. The quantitative estimate of drug-likeness (QED) is 0.274. The number of allylic oxidation sites excluding steroid dienone is 3. The Hall–Kier alpha value is -3.99. The van der Waals surface area contributed by atoms with Crippen molar-refractivity contribution in [3.05, 3.63) is 112 Å². The van der Waals surface area contributed by atoms with Crippen molar-refractivity contribution in [1.82, 2.24) is 0 Å². The van der Waals surface area contributed by atoms with Gasteiger partial charge < -0.3 is 9.15 Å². The van der Waals surface area contributed by atoms with E-state index in [-0.39, 0.29) is 11.6 Å². The molecule has 0 bridgehead atoms. The van der Waals surface area contributed by atoms with Gasteiger partial charge in [-0.1, -0.05) is 42.5 Å². The molecule has 0 N–H and O–H groups in total. The van der Waals surface area contributed by atoms with Crippen LogP contribution in [0.2, 0.25) is 0 Å². The van der Waals surface area contributed by atoms with Gasteiger partial charge in [0.15, 0.2) is 5.78 Å². The van der Waals surface area contributed by atoms with Crippen molar-refractivity contribution in [1.29, 1.82) is 0 Å². The van der Waals surface area contributed by atoms with Crippen molar-refractivity contribution in [3.63, 3.8) is 0 Å². The molecule has 0 radical (unpaired) electrons. The van der Waals surface area contributed by atoms with Crippen LogP contribution in [0.4, 0.5) is 4.39 Å². The summed E-state index contributed by atoms with van der Waals surface area (Å²) in [6.45, 7) is 0. The van der Waals surface area contributed by atoms with Crippen molar-refractivity contribution in [3.8, 4) is 0 Å². The van der Waals surface area contributed by atoms with Crippen LogP contribution in [0.3, 0.4) is 0 Å². The van der Waals surface area contributed by atoms with Crippen molar-refractivity contribution >= 4 is 33.3 Å². The first kappa shape index (κ1) is 19.7. The number of Topliss-reactive ketones (excluding diaryl/α,β-unsaturated/α-hetero) is 1. The van der Waals surface area contributed by atoms with Gasteiger partial charge in [-0.15, -0.1) is 0 Å². The third kappa shape index (κ3) is 3.28. The van der Waals surface area contributed by atoms with Gasteiger partial charge >= 0.3 is 5.63 Å². The van der Waals surface area contributed by atoms with Gasteiger partial charge in [0.2, 0.25) is 0 Å². The van der Waals surface area contributed by atoms with Crippen molar-refractivity contribution in [2.45, 2.75) is 25.2 Å². The maximum Gasteiger partial charge on any atom is 0.347 e. The van der Waals surface area contributed by atoms with E-state index in [1.807, 2.05) is 30.3 Å². The monoisotopic (exact) mass is 438 g/mol. The molecule has 4 aromatic rings. The Morgan fingerprint density at radius 3 is 2.55 bits per heavy atom. The fraction of sp³-hybridized carbons (Fsp3) is 0.143. The van der Waals surface area contributed by atoms with Crippen molar-refractivity contribution in [2.75, 3.05) is 0 Å². The molecule has 2 heterocycles. The van der Waals surface area contributed by atoms with Gasteiger partial charge in [-0.25, -0.2) is 9.18 Å². The minimum Gasteiger partial charge on any atom is -0.461 e. The summed E-state index contributed by atoms with van der Waals surface area (Å²) in [4.78, 5) is 25.7. The van der Waals surface area contributed by atoms with Crippen LogP contribution in [-0.4, -0.2) is 5.78 Å². The SMILES string of the molecule is O=C1CCCC2=C1C(c1ccc(F)cc1)C=C(c1cc3c(ccc4ccccc43)oc1=O)O2. The largest absolute Gasteiger partial charge is 0.461 e. The van der Waals surface area contributed by atoms with Crippen LogP contribution >= 0.6 is 0 Å². The smallest absolute Gasteiger partial charge is 0.347 e. The Balaban J connectivity index is 1.55. The molecule has 33 heavy (non-hydrogen) atoms. The highest BCUT2D eigenvalue weighted by atomic mass is 19.1. The number of carbonyl (C=O) groups excluding carboxylic acids is 1. The fourth-order valence-electron chi connectivity index (χ4n) is 4.81. The predicted octanol–water partition coefficient (Wildman–Crippen LogP) is 6.25. The molecule has 1 atom stereocenters. The molecule has 0 spiro atoms. The minimum atomic E-state index is -0.506. The first-order valence-corrected chi connectivity index (χ1v) is 11.0. The van der Waals surface area contributed by atoms with Gasteiger partial charge in [-0.2, -0.15) is 0 Å². The van der Waals surface area contributed by atoms with E-state index in [1.165, 1.54) is 12.1 Å². The van der Waals surface area contributed by atoms with E-state index in [0.29, 0.717) is 47.5 Å². The van der Waals surface area contributed by atoms with E-state index in [4.69, 9.17) is 9.15 Å². The first-order valence-electron chi connectivity index (χ1n) is 11.0. The van der Waals surface area contributed by atoms with Gasteiger partial charge in [0.1, 0.15) is 28.5 Å². The van der Waals surface area contributed by atoms with E-state index < -0.39 is 11.5 Å². The summed E-state index contributed by atoms with van der Waals surface area (Å²) < 4.78 is 25.4. The number of halogens is 1. The molecule has 162 valence electrons. The Morgan fingerprint density at radius 1 is 0.879 bits per heavy atom. The number of benzene rings is 3. The highest BCUT2D eigenvalue weighted by molar-refractivity contribution is 6.06. The lowest BCUT2D eigenvalue weighted by Gasteiger charge is -2.30. The lowest BCUT2D eigenvalue weighted by atomic mass is 9.80. The van der Waals surface area contributed by atoms with Crippen LogP contribution in [0, 0.1) is 5.82 Å². The van der Waals surface area contributed by atoms with Gasteiger partial charge in [0.05, 0.1) is 0 Å². The molecular formula is C28H19FO4. The van der Waals surface area contributed by atoms with Gasteiger partial charge in [-0.05, 0) is 53.1 Å². The first-order chi connectivity index (χ1) is 16.1. The molecule has 3 aromatic carbocycles. The molecule has 0 saturated heterocycles.